The molecule has 24 heavy (non-hydrogen) atoms. The van der Waals surface area contributed by atoms with Crippen LogP contribution in [0.5, 0.6) is 0 Å². The molecule has 3 N–H and O–H groups in total. The maximum Gasteiger partial charge on any atom is 0.238 e. The summed E-state index contributed by atoms with van der Waals surface area (Å²) in [7, 11) is -3.67. The van der Waals surface area contributed by atoms with Gasteiger partial charge in [0.05, 0.1) is 10.6 Å². The van der Waals surface area contributed by atoms with E-state index in [1.807, 2.05) is 24.6 Å². The van der Waals surface area contributed by atoms with E-state index in [1.165, 1.54) is 12.1 Å². The van der Waals surface area contributed by atoms with Gasteiger partial charge in [-0.25, -0.2) is 13.6 Å². The number of sulfonamides is 1. The Labute approximate surface area is 141 Å². The van der Waals surface area contributed by atoms with Crippen LogP contribution >= 0.6 is 0 Å². The average Bonchev–Trinajstić information content (AvgIpc) is 2.82. The van der Waals surface area contributed by atoms with Crippen LogP contribution in [0.1, 0.15) is 23.4 Å². The smallest absolute Gasteiger partial charge is 0.238 e. The summed E-state index contributed by atoms with van der Waals surface area (Å²) in [4.78, 5) is 11.9. The maximum atomic E-state index is 11.9. The number of hydrogen-bond donors (Lipinski definition) is 2. The zero-order valence-corrected chi connectivity index (χ0v) is 14.6. The minimum Gasteiger partial charge on any atom is -0.356 e. The lowest BCUT2D eigenvalue weighted by molar-refractivity contribution is -0.121. The van der Waals surface area contributed by atoms with E-state index in [9.17, 15) is 13.2 Å². The van der Waals surface area contributed by atoms with Crippen molar-refractivity contribution in [1.82, 2.24) is 15.1 Å². The number of benzene rings is 1. The summed E-state index contributed by atoms with van der Waals surface area (Å²) in [5.74, 6) is -0.0382. The normalized spacial score (nSPS) is 11.5. The van der Waals surface area contributed by atoms with Gasteiger partial charge in [0.25, 0.3) is 0 Å². The first kappa shape index (κ1) is 18.2. The lowest BCUT2D eigenvalue weighted by Crippen LogP contribution is -2.26. The van der Waals surface area contributed by atoms with E-state index in [2.05, 4.69) is 10.4 Å². The fourth-order valence-corrected chi connectivity index (χ4v) is 2.90. The Morgan fingerprint density at radius 1 is 1.25 bits per heavy atom. The van der Waals surface area contributed by atoms with Crippen LogP contribution in [-0.4, -0.2) is 30.7 Å². The fourth-order valence-electron chi connectivity index (χ4n) is 2.39. The number of nitrogens with zero attached hydrogens (tertiary/aromatic N) is 2. The molecule has 2 rings (SSSR count). The first-order valence-electron chi connectivity index (χ1n) is 7.65. The van der Waals surface area contributed by atoms with E-state index >= 15 is 0 Å². The molecule has 8 heteroatoms. The maximum absolute atomic E-state index is 11.9. The highest BCUT2D eigenvalue weighted by Crippen LogP contribution is 2.09. The van der Waals surface area contributed by atoms with Gasteiger partial charge in [-0.05, 0) is 44.0 Å². The van der Waals surface area contributed by atoms with E-state index in [4.69, 9.17) is 5.14 Å². The summed E-state index contributed by atoms with van der Waals surface area (Å²) >= 11 is 0. The minimum absolute atomic E-state index is 0.0382. The van der Waals surface area contributed by atoms with Crippen LogP contribution in [0, 0.1) is 13.8 Å². The molecule has 1 amide bonds. The minimum atomic E-state index is -3.67. The van der Waals surface area contributed by atoms with Crippen LogP contribution in [0.15, 0.2) is 35.2 Å². The first-order valence-corrected chi connectivity index (χ1v) is 9.20. The Hall–Kier alpha value is -2.19. The number of amides is 1. The van der Waals surface area contributed by atoms with Crippen LogP contribution in [0.3, 0.4) is 0 Å². The first-order chi connectivity index (χ1) is 11.3. The average molecular weight is 350 g/mol. The Morgan fingerprint density at radius 2 is 1.92 bits per heavy atom. The fraction of sp³-hybridized carbons (Fsp3) is 0.375. The zero-order chi connectivity index (χ0) is 17.7. The van der Waals surface area contributed by atoms with Gasteiger partial charge in [-0.2, -0.15) is 5.10 Å². The van der Waals surface area contributed by atoms with Gasteiger partial charge in [0.2, 0.25) is 15.9 Å². The van der Waals surface area contributed by atoms with Crippen LogP contribution in [0.25, 0.3) is 0 Å². The number of hydrogen-bond acceptors (Lipinski definition) is 4. The number of rotatable bonds is 7. The van der Waals surface area contributed by atoms with Gasteiger partial charge >= 0.3 is 0 Å². The van der Waals surface area contributed by atoms with E-state index in [0.29, 0.717) is 25.9 Å². The molecule has 0 aliphatic rings. The molecule has 2 aromatic rings. The second-order valence-corrected chi connectivity index (χ2v) is 7.25. The van der Waals surface area contributed by atoms with Gasteiger partial charge in [0.1, 0.15) is 0 Å². The third kappa shape index (κ3) is 5.17. The Balaban J connectivity index is 1.75. The second-order valence-electron chi connectivity index (χ2n) is 5.69. The third-order valence-corrected chi connectivity index (χ3v) is 4.57. The number of aromatic nitrogens is 2. The van der Waals surface area contributed by atoms with Gasteiger partial charge < -0.3 is 5.32 Å². The SMILES string of the molecule is Cc1cc(C)n(CCC(=O)NCCc2ccc(S(N)(=O)=O)cc2)n1. The molecule has 0 aliphatic heterocycles. The second kappa shape index (κ2) is 7.59. The van der Waals surface area contributed by atoms with Crippen molar-refractivity contribution in [2.24, 2.45) is 5.14 Å². The standard InChI is InChI=1S/C16H22N4O3S/c1-12-11-13(2)20(19-12)10-8-16(21)18-9-7-14-3-5-15(6-4-14)24(17,22)23/h3-6,11H,7-10H2,1-2H3,(H,18,21)(H2,17,22,23). The van der Waals surface area contributed by atoms with Gasteiger partial charge in [0, 0.05) is 25.2 Å². The van der Waals surface area contributed by atoms with Crippen molar-refractivity contribution in [3.8, 4) is 0 Å². The van der Waals surface area contributed by atoms with E-state index in [-0.39, 0.29) is 10.8 Å². The molecule has 0 saturated carbocycles. The molecular weight excluding hydrogens is 328 g/mol. The highest BCUT2D eigenvalue weighted by Gasteiger charge is 2.07. The number of aryl methyl sites for hydroxylation is 3. The van der Waals surface area contributed by atoms with Crippen LogP contribution in [0.2, 0.25) is 0 Å². The molecule has 1 aromatic carbocycles. The van der Waals surface area contributed by atoms with Crippen molar-refractivity contribution >= 4 is 15.9 Å². The molecule has 0 saturated heterocycles. The van der Waals surface area contributed by atoms with E-state index in [0.717, 1.165) is 17.0 Å². The molecule has 0 aliphatic carbocycles. The van der Waals surface area contributed by atoms with Crippen molar-refractivity contribution in [3.05, 3.63) is 47.3 Å². The van der Waals surface area contributed by atoms with Gasteiger partial charge in [-0.3, -0.25) is 9.48 Å². The molecule has 0 bridgehead atoms. The predicted octanol–water partition coefficient (Wildman–Crippen LogP) is 0.896. The molecule has 130 valence electrons. The molecule has 0 spiro atoms. The molecule has 0 radical (unpaired) electrons. The van der Waals surface area contributed by atoms with Crippen molar-refractivity contribution in [3.63, 3.8) is 0 Å². The van der Waals surface area contributed by atoms with Gasteiger partial charge in [0.15, 0.2) is 0 Å². The predicted molar refractivity (Wildman–Crippen MR) is 90.8 cm³/mol. The summed E-state index contributed by atoms with van der Waals surface area (Å²) < 4.78 is 24.2. The zero-order valence-electron chi connectivity index (χ0n) is 13.8. The Bertz CT molecular complexity index is 810. The number of nitrogens with two attached hydrogens (primary N) is 1. The number of primary sulfonamides is 1. The summed E-state index contributed by atoms with van der Waals surface area (Å²) in [5.41, 5.74) is 2.91. The molecule has 1 heterocycles. The summed E-state index contributed by atoms with van der Waals surface area (Å²) in [6, 6.07) is 8.30. The highest BCUT2D eigenvalue weighted by atomic mass is 32.2. The Kier molecular flexibility index (Phi) is 5.74. The quantitative estimate of drug-likeness (QED) is 0.773. The molecular formula is C16H22N4O3S. The van der Waals surface area contributed by atoms with Crippen LogP contribution in [0.4, 0.5) is 0 Å². The molecule has 0 atom stereocenters. The largest absolute Gasteiger partial charge is 0.356 e. The van der Waals surface area contributed by atoms with Crippen molar-refractivity contribution < 1.29 is 13.2 Å². The summed E-state index contributed by atoms with van der Waals surface area (Å²) in [6.07, 6.45) is 0.989. The van der Waals surface area contributed by atoms with E-state index < -0.39 is 10.0 Å². The number of nitrogens with one attached hydrogen (secondary N) is 1. The lowest BCUT2D eigenvalue weighted by atomic mass is 10.1. The van der Waals surface area contributed by atoms with Crippen LogP contribution in [-0.2, 0) is 27.8 Å². The molecule has 0 fully saturated rings. The Morgan fingerprint density at radius 3 is 2.46 bits per heavy atom. The van der Waals surface area contributed by atoms with Gasteiger partial charge in [-0.15, -0.1) is 0 Å². The molecule has 1 aromatic heterocycles. The van der Waals surface area contributed by atoms with Crippen molar-refractivity contribution in [2.75, 3.05) is 6.54 Å². The summed E-state index contributed by atoms with van der Waals surface area (Å²) in [6.45, 7) is 4.92. The lowest BCUT2D eigenvalue weighted by Gasteiger charge is -2.07. The highest BCUT2D eigenvalue weighted by molar-refractivity contribution is 7.89. The monoisotopic (exact) mass is 350 g/mol. The summed E-state index contributed by atoms with van der Waals surface area (Å²) in [5, 5.41) is 12.2. The van der Waals surface area contributed by atoms with E-state index in [1.54, 1.807) is 12.1 Å². The number of carbonyl (C=O) groups is 1. The van der Waals surface area contributed by atoms with Crippen molar-refractivity contribution in [1.29, 1.82) is 0 Å². The number of carbonyl (C=O) groups excluding carboxylic acids is 1. The van der Waals surface area contributed by atoms with Crippen LogP contribution < -0.4 is 10.5 Å². The van der Waals surface area contributed by atoms with Crippen molar-refractivity contribution in [2.45, 2.75) is 38.1 Å². The topological polar surface area (TPSA) is 107 Å². The third-order valence-electron chi connectivity index (χ3n) is 3.64. The molecule has 0 unspecified atom stereocenters. The molecule has 7 nitrogen and oxygen atoms in total. The van der Waals surface area contributed by atoms with Gasteiger partial charge in [-0.1, -0.05) is 12.1 Å².